The average Bonchev–Trinajstić information content (AvgIpc) is 3.39. The number of amides is 3. The van der Waals surface area contributed by atoms with Gasteiger partial charge in [0.2, 0.25) is 11.8 Å². The number of rotatable bonds is 5. The number of halogens is 2. The van der Waals surface area contributed by atoms with E-state index in [1.54, 1.807) is 17.6 Å². The van der Waals surface area contributed by atoms with E-state index in [1.807, 2.05) is 0 Å². The SMILES string of the molecule is NC(=O)c1cc(-c2csc(NC(=O)C3CCN(c4cc(F)cc(F)c4)C3=O)n2)c[nH]1. The maximum Gasteiger partial charge on any atom is 0.265 e. The zero-order chi connectivity index (χ0) is 21.4. The van der Waals surface area contributed by atoms with Gasteiger partial charge in [-0.1, -0.05) is 0 Å². The maximum atomic E-state index is 13.4. The molecule has 1 unspecified atom stereocenters. The molecule has 0 spiro atoms. The van der Waals surface area contributed by atoms with Crippen LogP contribution >= 0.6 is 11.3 Å². The van der Waals surface area contributed by atoms with Crippen molar-refractivity contribution in [3.63, 3.8) is 0 Å². The molecule has 3 heterocycles. The van der Waals surface area contributed by atoms with E-state index in [1.165, 1.54) is 4.90 Å². The van der Waals surface area contributed by atoms with Crippen molar-refractivity contribution in [3.05, 3.63) is 53.2 Å². The molecule has 0 radical (unpaired) electrons. The number of aromatic nitrogens is 2. The lowest BCUT2D eigenvalue weighted by Crippen LogP contribution is -2.33. The Balaban J connectivity index is 1.45. The first-order chi connectivity index (χ1) is 14.3. The van der Waals surface area contributed by atoms with E-state index < -0.39 is 35.3 Å². The van der Waals surface area contributed by atoms with E-state index in [0.29, 0.717) is 17.3 Å². The molecule has 1 aliphatic heterocycles. The largest absolute Gasteiger partial charge is 0.364 e. The molecule has 0 saturated carbocycles. The van der Waals surface area contributed by atoms with Gasteiger partial charge in [0.1, 0.15) is 23.2 Å². The molecule has 4 rings (SSSR count). The van der Waals surface area contributed by atoms with Gasteiger partial charge in [0.15, 0.2) is 5.13 Å². The molecule has 4 N–H and O–H groups in total. The van der Waals surface area contributed by atoms with Crippen LogP contribution in [0.5, 0.6) is 0 Å². The molecule has 0 aliphatic carbocycles. The summed E-state index contributed by atoms with van der Waals surface area (Å²) in [5.74, 6) is -4.28. The Morgan fingerprint density at radius 3 is 2.63 bits per heavy atom. The minimum absolute atomic E-state index is 0.0713. The van der Waals surface area contributed by atoms with Crippen LogP contribution in [0.15, 0.2) is 35.8 Å². The first kappa shape index (κ1) is 19.7. The van der Waals surface area contributed by atoms with Crippen LogP contribution in [0.2, 0.25) is 0 Å². The summed E-state index contributed by atoms with van der Waals surface area (Å²) in [5, 5.41) is 4.56. The van der Waals surface area contributed by atoms with Gasteiger partial charge in [-0.05, 0) is 24.6 Å². The van der Waals surface area contributed by atoms with Crippen molar-refractivity contribution in [2.45, 2.75) is 6.42 Å². The number of thiazole rings is 1. The summed E-state index contributed by atoms with van der Waals surface area (Å²) in [6, 6.07) is 4.35. The first-order valence-electron chi connectivity index (χ1n) is 8.84. The van der Waals surface area contributed by atoms with E-state index in [4.69, 9.17) is 5.73 Å². The van der Waals surface area contributed by atoms with Crippen LogP contribution < -0.4 is 16.0 Å². The van der Waals surface area contributed by atoms with Crippen molar-refractivity contribution in [2.24, 2.45) is 11.7 Å². The third-order valence-corrected chi connectivity index (χ3v) is 5.42. The van der Waals surface area contributed by atoms with Crippen molar-refractivity contribution >= 4 is 39.9 Å². The van der Waals surface area contributed by atoms with Gasteiger partial charge in [-0.15, -0.1) is 11.3 Å². The minimum atomic E-state index is -0.989. The van der Waals surface area contributed by atoms with Crippen molar-refractivity contribution in [2.75, 3.05) is 16.8 Å². The highest BCUT2D eigenvalue weighted by Crippen LogP contribution is 2.29. The third kappa shape index (κ3) is 3.79. The third-order valence-electron chi connectivity index (χ3n) is 4.66. The quantitative estimate of drug-likeness (QED) is 0.538. The van der Waals surface area contributed by atoms with Crippen LogP contribution in [0.1, 0.15) is 16.9 Å². The van der Waals surface area contributed by atoms with Crippen molar-refractivity contribution < 1.29 is 23.2 Å². The number of benzene rings is 1. The van der Waals surface area contributed by atoms with E-state index in [-0.39, 0.29) is 29.5 Å². The van der Waals surface area contributed by atoms with Gasteiger partial charge in [0.25, 0.3) is 5.91 Å². The van der Waals surface area contributed by atoms with Gasteiger partial charge in [0, 0.05) is 35.4 Å². The van der Waals surface area contributed by atoms with Gasteiger partial charge in [0.05, 0.1) is 5.69 Å². The molecule has 8 nitrogen and oxygen atoms in total. The zero-order valence-corrected chi connectivity index (χ0v) is 16.1. The number of nitrogens with zero attached hydrogens (tertiary/aromatic N) is 2. The van der Waals surface area contributed by atoms with Gasteiger partial charge < -0.3 is 20.9 Å². The molecule has 1 saturated heterocycles. The number of aromatic amines is 1. The molecular formula is C19H15F2N5O3S. The van der Waals surface area contributed by atoms with Crippen LogP contribution in [-0.2, 0) is 9.59 Å². The molecule has 1 fully saturated rings. The highest BCUT2D eigenvalue weighted by Gasteiger charge is 2.38. The first-order valence-corrected chi connectivity index (χ1v) is 9.72. The number of primary amides is 1. The molecule has 154 valence electrons. The Kier molecular flexibility index (Phi) is 5.04. The van der Waals surface area contributed by atoms with Crippen LogP contribution in [0.25, 0.3) is 11.3 Å². The molecule has 1 aliphatic rings. The number of hydrogen-bond donors (Lipinski definition) is 3. The Hall–Kier alpha value is -3.60. The van der Waals surface area contributed by atoms with E-state index >= 15 is 0 Å². The highest BCUT2D eigenvalue weighted by atomic mass is 32.1. The molecule has 3 amide bonds. The molecular weight excluding hydrogens is 416 g/mol. The van der Waals surface area contributed by atoms with Crippen molar-refractivity contribution in [1.29, 1.82) is 0 Å². The molecule has 1 aromatic carbocycles. The lowest BCUT2D eigenvalue weighted by atomic mass is 10.1. The average molecular weight is 431 g/mol. The fourth-order valence-electron chi connectivity index (χ4n) is 3.22. The number of nitrogens with one attached hydrogen (secondary N) is 2. The second-order valence-electron chi connectivity index (χ2n) is 6.65. The van der Waals surface area contributed by atoms with E-state index in [0.717, 1.165) is 23.5 Å². The summed E-state index contributed by atoms with van der Waals surface area (Å²) < 4.78 is 26.9. The normalized spacial score (nSPS) is 16.1. The number of carbonyl (C=O) groups excluding carboxylic acids is 3. The van der Waals surface area contributed by atoms with Crippen LogP contribution in [0.3, 0.4) is 0 Å². The Bertz CT molecular complexity index is 1140. The second kappa shape index (κ2) is 7.67. The molecule has 0 bridgehead atoms. The van der Waals surface area contributed by atoms with Crippen LogP contribution in [-0.4, -0.2) is 34.2 Å². The lowest BCUT2D eigenvalue weighted by Gasteiger charge is -2.16. The molecule has 2 aromatic heterocycles. The van der Waals surface area contributed by atoms with Gasteiger partial charge >= 0.3 is 0 Å². The topological polar surface area (TPSA) is 121 Å². The van der Waals surface area contributed by atoms with E-state index in [9.17, 15) is 23.2 Å². The lowest BCUT2D eigenvalue weighted by molar-refractivity contribution is -0.129. The Labute approximate surface area is 172 Å². The number of carbonyl (C=O) groups is 3. The zero-order valence-electron chi connectivity index (χ0n) is 15.3. The number of H-pyrrole nitrogens is 1. The summed E-state index contributed by atoms with van der Waals surface area (Å²) in [6.45, 7) is 0.169. The fourth-order valence-corrected chi connectivity index (χ4v) is 3.94. The number of nitrogens with two attached hydrogens (primary N) is 1. The Morgan fingerprint density at radius 2 is 1.97 bits per heavy atom. The van der Waals surface area contributed by atoms with Crippen LogP contribution in [0, 0.1) is 17.6 Å². The standard InChI is InChI=1S/C19H15F2N5O3S/c20-10-4-11(21)6-12(5-10)26-2-1-13(18(26)29)17(28)25-19-24-15(8-30-19)9-3-14(16(22)27)23-7-9/h3-8,13,23H,1-2H2,(H2,22,27)(H,24,25,28). The smallest absolute Gasteiger partial charge is 0.265 e. The summed E-state index contributed by atoms with van der Waals surface area (Å²) in [5.41, 5.74) is 6.65. The van der Waals surface area contributed by atoms with Crippen molar-refractivity contribution in [1.82, 2.24) is 9.97 Å². The number of hydrogen-bond acceptors (Lipinski definition) is 5. The monoisotopic (exact) mass is 431 g/mol. The van der Waals surface area contributed by atoms with E-state index in [2.05, 4.69) is 15.3 Å². The molecule has 3 aromatic rings. The molecule has 1 atom stereocenters. The second-order valence-corrected chi connectivity index (χ2v) is 7.51. The number of anilines is 2. The summed E-state index contributed by atoms with van der Waals surface area (Å²) in [7, 11) is 0. The predicted octanol–water partition coefficient (Wildman–Crippen LogP) is 2.51. The fraction of sp³-hybridized carbons (Fsp3) is 0.158. The van der Waals surface area contributed by atoms with Gasteiger partial charge in [-0.2, -0.15) is 0 Å². The highest BCUT2D eigenvalue weighted by molar-refractivity contribution is 7.14. The predicted molar refractivity (Wildman–Crippen MR) is 106 cm³/mol. The van der Waals surface area contributed by atoms with Crippen molar-refractivity contribution in [3.8, 4) is 11.3 Å². The van der Waals surface area contributed by atoms with Gasteiger partial charge in [-0.25, -0.2) is 13.8 Å². The van der Waals surface area contributed by atoms with Crippen LogP contribution in [0.4, 0.5) is 19.6 Å². The maximum absolute atomic E-state index is 13.4. The summed E-state index contributed by atoms with van der Waals surface area (Å²) >= 11 is 1.15. The molecule has 30 heavy (non-hydrogen) atoms. The summed E-state index contributed by atoms with van der Waals surface area (Å²) in [6.07, 6.45) is 1.78. The minimum Gasteiger partial charge on any atom is -0.364 e. The molecule has 11 heteroatoms. The summed E-state index contributed by atoms with van der Waals surface area (Å²) in [4.78, 5) is 44.6. The van der Waals surface area contributed by atoms with Gasteiger partial charge in [-0.3, -0.25) is 14.4 Å². The Morgan fingerprint density at radius 1 is 1.23 bits per heavy atom.